The maximum Gasteiger partial charge on any atom is 0.416 e. The largest absolute Gasteiger partial charge is 0.507 e. The van der Waals surface area contributed by atoms with Crippen LogP contribution >= 0.6 is 23.2 Å². The Hall–Kier alpha value is -2.90. The van der Waals surface area contributed by atoms with E-state index >= 15 is 0 Å². The van der Waals surface area contributed by atoms with Crippen molar-refractivity contribution in [3.05, 3.63) is 86.9 Å². The predicted molar refractivity (Wildman–Crippen MR) is 121 cm³/mol. The maximum absolute atomic E-state index is 13.7. The molecule has 9 heteroatoms. The lowest BCUT2D eigenvalue weighted by molar-refractivity contribution is -0.137. The van der Waals surface area contributed by atoms with Crippen molar-refractivity contribution < 1.29 is 27.8 Å². The highest BCUT2D eigenvalue weighted by Crippen LogP contribution is 2.48. The molecule has 33 heavy (non-hydrogen) atoms. The lowest BCUT2D eigenvalue weighted by Crippen LogP contribution is -2.25. The van der Waals surface area contributed by atoms with Crippen LogP contribution in [-0.4, -0.2) is 17.6 Å². The number of amides is 1. The monoisotopic (exact) mass is 495 g/mol. The van der Waals surface area contributed by atoms with Crippen LogP contribution in [0.4, 0.5) is 18.9 Å². The summed E-state index contributed by atoms with van der Waals surface area (Å²) in [6, 6.07) is 12.8. The van der Waals surface area contributed by atoms with E-state index in [-0.39, 0.29) is 46.2 Å². The molecular weight excluding hydrogens is 478 g/mol. The van der Waals surface area contributed by atoms with E-state index in [2.05, 4.69) is 5.32 Å². The van der Waals surface area contributed by atoms with Gasteiger partial charge in [-0.25, -0.2) is 0 Å². The molecule has 3 aromatic rings. The van der Waals surface area contributed by atoms with Gasteiger partial charge in [0.2, 0.25) is 0 Å². The van der Waals surface area contributed by atoms with Gasteiger partial charge in [-0.15, -0.1) is 0 Å². The highest BCUT2D eigenvalue weighted by atomic mass is 35.5. The Morgan fingerprint density at radius 3 is 2.39 bits per heavy atom. The number of fused-ring (bicyclic) bond motifs is 1. The Morgan fingerprint density at radius 1 is 1.06 bits per heavy atom. The number of nitrogens with one attached hydrogen (secondary N) is 1. The van der Waals surface area contributed by atoms with Crippen LogP contribution in [0.3, 0.4) is 0 Å². The molecule has 1 amide bonds. The van der Waals surface area contributed by atoms with Crippen molar-refractivity contribution in [2.75, 3.05) is 11.9 Å². The molecular formula is C24H18Cl2F3NO3. The summed E-state index contributed by atoms with van der Waals surface area (Å²) >= 11 is 11.9. The minimum atomic E-state index is -4.64. The van der Waals surface area contributed by atoms with Gasteiger partial charge in [0.1, 0.15) is 11.5 Å². The standard InChI is InChI=1S/C24H18Cl2F3NO3/c1-12-17-8-14(24(27,28)29)9-20(30-23(32)18-10-16(26)6-7-21(18)31)22(17)33-11-19(12)13-2-4-15(25)5-3-13/h2-10,12,19,31H,11H2,1H3,(H,30,32). The van der Waals surface area contributed by atoms with Crippen molar-refractivity contribution in [2.45, 2.75) is 24.9 Å². The number of rotatable bonds is 3. The molecule has 0 spiro atoms. The normalized spacial score (nSPS) is 17.8. The molecule has 4 rings (SSSR count). The number of phenols is 1. The summed E-state index contributed by atoms with van der Waals surface area (Å²) in [5.74, 6) is -1.55. The van der Waals surface area contributed by atoms with Gasteiger partial charge in [-0.1, -0.05) is 42.3 Å². The molecule has 0 saturated heterocycles. The van der Waals surface area contributed by atoms with Gasteiger partial charge < -0.3 is 15.2 Å². The van der Waals surface area contributed by atoms with Crippen molar-refractivity contribution in [3.8, 4) is 11.5 Å². The number of carbonyl (C=O) groups is 1. The van der Waals surface area contributed by atoms with Gasteiger partial charge in [-0.2, -0.15) is 13.2 Å². The van der Waals surface area contributed by atoms with E-state index in [1.165, 1.54) is 18.2 Å². The molecule has 0 radical (unpaired) electrons. The molecule has 1 aliphatic rings. The number of hydrogen-bond acceptors (Lipinski definition) is 3. The Kier molecular flexibility index (Phi) is 6.20. The van der Waals surface area contributed by atoms with Gasteiger partial charge >= 0.3 is 6.18 Å². The molecule has 1 heterocycles. The first-order valence-corrected chi connectivity index (χ1v) is 10.7. The first kappa shape index (κ1) is 23.3. The van der Waals surface area contributed by atoms with Gasteiger partial charge in [0.25, 0.3) is 5.91 Å². The lowest BCUT2D eigenvalue weighted by Gasteiger charge is -2.33. The maximum atomic E-state index is 13.7. The molecule has 0 aromatic heterocycles. The second kappa shape index (κ2) is 8.80. The number of hydrogen-bond donors (Lipinski definition) is 2. The van der Waals surface area contributed by atoms with Crippen LogP contribution < -0.4 is 10.1 Å². The molecule has 0 saturated carbocycles. The smallest absolute Gasteiger partial charge is 0.416 e. The fraction of sp³-hybridized carbons (Fsp3) is 0.208. The average Bonchev–Trinajstić information content (AvgIpc) is 2.76. The summed E-state index contributed by atoms with van der Waals surface area (Å²) in [6.07, 6.45) is -4.64. The van der Waals surface area contributed by atoms with Gasteiger partial charge in [-0.05, 0) is 53.9 Å². The number of alkyl halides is 3. The number of halogens is 5. The molecule has 1 aliphatic heterocycles. The first-order valence-electron chi connectivity index (χ1n) is 9.98. The number of ether oxygens (including phenoxy) is 1. The topological polar surface area (TPSA) is 58.6 Å². The van der Waals surface area contributed by atoms with Crippen LogP contribution in [0.5, 0.6) is 11.5 Å². The third-order valence-corrected chi connectivity index (χ3v) is 6.18. The molecule has 0 fully saturated rings. The van der Waals surface area contributed by atoms with Crippen LogP contribution in [0.25, 0.3) is 0 Å². The zero-order chi connectivity index (χ0) is 23.9. The number of aromatic hydroxyl groups is 1. The van der Waals surface area contributed by atoms with Gasteiger partial charge in [0.05, 0.1) is 23.4 Å². The molecule has 2 unspecified atom stereocenters. The highest BCUT2D eigenvalue weighted by molar-refractivity contribution is 6.31. The van der Waals surface area contributed by atoms with Crippen LogP contribution in [0.2, 0.25) is 10.0 Å². The number of phenolic OH excluding ortho intramolecular Hbond substituents is 1. The van der Waals surface area contributed by atoms with E-state index in [1.807, 2.05) is 19.1 Å². The van der Waals surface area contributed by atoms with E-state index in [0.29, 0.717) is 10.6 Å². The summed E-state index contributed by atoms with van der Waals surface area (Å²) in [5, 5.41) is 13.2. The van der Waals surface area contributed by atoms with Gasteiger partial charge in [0, 0.05) is 21.5 Å². The van der Waals surface area contributed by atoms with Crippen molar-refractivity contribution in [2.24, 2.45) is 0 Å². The summed E-state index contributed by atoms with van der Waals surface area (Å²) < 4.78 is 46.9. The van der Waals surface area contributed by atoms with Crippen LogP contribution in [-0.2, 0) is 6.18 Å². The zero-order valence-corrected chi connectivity index (χ0v) is 18.7. The van der Waals surface area contributed by atoms with Crippen molar-refractivity contribution in [3.63, 3.8) is 0 Å². The molecule has 2 atom stereocenters. The molecule has 0 bridgehead atoms. The Morgan fingerprint density at radius 2 is 1.73 bits per heavy atom. The van der Waals surface area contributed by atoms with Gasteiger partial charge in [0.15, 0.2) is 0 Å². The molecule has 3 aromatic carbocycles. The van der Waals surface area contributed by atoms with Gasteiger partial charge in [-0.3, -0.25) is 4.79 Å². The Bertz CT molecular complexity index is 1210. The first-order chi connectivity index (χ1) is 15.5. The minimum absolute atomic E-state index is 0.134. The lowest BCUT2D eigenvalue weighted by atomic mass is 9.80. The summed E-state index contributed by atoms with van der Waals surface area (Å²) in [7, 11) is 0. The average molecular weight is 496 g/mol. The summed E-state index contributed by atoms with van der Waals surface area (Å²) in [4.78, 5) is 12.8. The molecule has 4 nitrogen and oxygen atoms in total. The quantitative estimate of drug-likeness (QED) is 0.402. The molecule has 0 aliphatic carbocycles. The van der Waals surface area contributed by atoms with E-state index in [4.69, 9.17) is 27.9 Å². The third kappa shape index (κ3) is 4.75. The zero-order valence-electron chi connectivity index (χ0n) is 17.2. The second-order valence-electron chi connectivity index (χ2n) is 7.81. The van der Waals surface area contributed by atoms with Crippen molar-refractivity contribution >= 4 is 34.8 Å². The van der Waals surface area contributed by atoms with Crippen LogP contribution in [0.1, 0.15) is 45.8 Å². The van der Waals surface area contributed by atoms with E-state index in [9.17, 15) is 23.1 Å². The summed E-state index contributed by atoms with van der Waals surface area (Å²) in [6.45, 7) is 2.02. The summed E-state index contributed by atoms with van der Waals surface area (Å²) in [5.41, 5.74) is -0.0210. The molecule has 2 N–H and O–H groups in total. The fourth-order valence-corrected chi connectivity index (χ4v) is 4.21. The minimum Gasteiger partial charge on any atom is -0.507 e. The number of benzene rings is 3. The van der Waals surface area contributed by atoms with E-state index < -0.39 is 17.6 Å². The highest BCUT2D eigenvalue weighted by Gasteiger charge is 2.37. The molecule has 172 valence electrons. The SMILES string of the molecule is CC1c2cc(C(F)(F)F)cc(NC(=O)c3cc(Cl)ccc3O)c2OCC1c1ccc(Cl)cc1. The predicted octanol–water partition coefficient (Wildman–Crippen LogP) is 7.25. The van der Waals surface area contributed by atoms with Crippen molar-refractivity contribution in [1.29, 1.82) is 0 Å². The van der Waals surface area contributed by atoms with Crippen LogP contribution in [0.15, 0.2) is 54.6 Å². The fourth-order valence-electron chi connectivity index (χ4n) is 3.92. The Labute approximate surface area is 197 Å². The number of carbonyl (C=O) groups excluding carboxylic acids is 1. The second-order valence-corrected chi connectivity index (χ2v) is 8.69. The third-order valence-electron chi connectivity index (χ3n) is 5.70. The van der Waals surface area contributed by atoms with Crippen molar-refractivity contribution in [1.82, 2.24) is 0 Å². The van der Waals surface area contributed by atoms with E-state index in [1.54, 1.807) is 12.1 Å². The van der Waals surface area contributed by atoms with E-state index in [0.717, 1.165) is 17.7 Å². The van der Waals surface area contributed by atoms with Crippen LogP contribution in [0, 0.1) is 0 Å². The Balaban J connectivity index is 1.75. The number of anilines is 1.